The summed E-state index contributed by atoms with van der Waals surface area (Å²) in [4.78, 5) is 12.1. The van der Waals surface area contributed by atoms with Crippen molar-refractivity contribution in [3.8, 4) is 0 Å². The number of carbonyl (C=O) groups is 1. The van der Waals surface area contributed by atoms with Crippen molar-refractivity contribution in [2.45, 2.75) is 19.3 Å². The maximum atomic E-state index is 13.4. The number of halogens is 1. The fourth-order valence-corrected chi connectivity index (χ4v) is 1.46. The molecule has 1 aromatic rings. The lowest BCUT2D eigenvalue weighted by Gasteiger charge is -2.16. The molecule has 0 aliphatic heterocycles. The van der Waals surface area contributed by atoms with E-state index in [1.165, 1.54) is 6.07 Å². The molecule has 0 spiro atoms. The highest BCUT2D eigenvalue weighted by Crippen LogP contribution is 2.25. The molecule has 1 unspecified atom stereocenters. The lowest BCUT2D eigenvalue weighted by Crippen LogP contribution is -2.11. The van der Waals surface area contributed by atoms with Crippen molar-refractivity contribution >= 4 is 12.0 Å². The molecule has 0 heterocycles. The molecule has 0 radical (unpaired) electrons. The summed E-state index contributed by atoms with van der Waals surface area (Å²) in [5.41, 5.74) is 1.55. The van der Waals surface area contributed by atoms with Gasteiger partial charge in [-0.1, -0.05) is 13.0 Å². The van der Waals surface area contributed by atoms with Gasteiger partial charge in [-0.05, 0) is 23.6 Å². The largest absolute Gasteiger partial charge is 0.375 e. The normalized spacial score (nSPS) is 12.3. The van der Waals surface area contributed by atoms with E-state index in [0.717, 1.165) is 11.8 Å². The first-order valence-corrected chi connectivity index (χ1v) is 4.96. The summed E-state index contributed by atoms with van der Waals surface area (Å²) in [5.74, 6) is -0.0937. The van der Waals surface area contributed by atoms with Crippen molar-refractivity contribution in [1.82, 2.24) is 0 Å². The van der Waals surface area contributed by atoms with Gasteiger partial charge in [-0.2, -0.15) is 0 Å². The van der Waals surface area contributed by atoms with Gasteiger partial charge in [0.2, 0.25) is 0 Å². The Hall–Kier alpha value is -1.38. The van der Waals surface area contributed by atoms with Crippen LogP contribution in [0.4, 0.5) is 10.1 Å². The van der Waals surface area contributed by atoms with E-state index >= 15 is 0 Å². The highest BCUT2D eigenvalue weighted by atomic mass is 19.1. The van der Waals surface area contributed by atoms with Crippen LogP contribution in [-0.4, -0.2) is 20.4 Å². The van der Waals surface area contributed by atoms with Crippen molar-refractivity contribution in [3.05, 3.63) is 29.6 Å². The van der Waals surface area contributed by atoms with E-state index in [1.54, 1.807) is 31.1 Å². The fourth-order valence-electron chi connectivity index (χ4n) is 1.46. The molecule has 82 valence electrons. The van der Waals surface area contributed by atoms with Crippen LogP contribution in [0, 0.1) is 5.82 Å². The van der Waals surface area contributed by atoms with Crippen LogP contribution in [0.3, 0.4) is 0 Å². The molecule has 0 saturated heterocycles. The quantitative estimate of drug-likeness (QED) is 0.710. The average Bonchev–Trinajstić information content (AvgIpc) is 2.18. The Bertz CT molecular complexity index is 349. The number of aldehydes is 1. The minimum absolute atomic E-state index is 0.141. The summed E-state index contributed by atoms with van der Waals surface area (Å²) < 4.78 is 13.4. The van der Waals surface area contributed by atoms with Gasteiger partial charge in [-0.3, -0.25) is 0 Å². The number of nitrogens with zero attached hydrogens (tertiary/aromatic N) is 1. The number of carbonyl (C=O) groups excluding carboxylic acids is 1. The monoisotopic (exact) mass is 209 g/mol. The fraction of sp³-hybridized carbons (Fsp3) is 0.417. The number of rotatable bonds is 4. The second kappa shape index (κ2) is 4.91. The molecule has 0 aromatic heterocycles. The van der Waals surface area contributed by atoms with Crippen molar-refractivity contribution < 1.29 is 9.18 Å². The van der Waals surface area contributed by atoms with Gasteiger partial charge in [0.15, 0.2) is 0 Å². The van der Waals surface area contributed by atoms with Gasteiger partial charge >= 0.3 is 0 Å². The third-order valence-corrected chi connectivity index (χ3v) is 2.47. The van der Waals surface area contributed by atoms with Crippen LogP contribution >= 0.6 is 0 Å². The van der Waals surface area contributed by atoms with Gasteiger partial charge in [0, 0.05) is 20.5 Å². The smallest absolute Gasteiger partial charge is 0.146 e. The second-order valence-electron chi connectivity index (χ2n) is 3.91. The topological polar surface area (TPSA) is 20.3 Å². The van der Waals surface area contributed by atoms with Gasteiger partial charge in [0.1, 0.15) is 12.1 Å². The third kappa shape index (κ3) is 2.78. The molecule has 15 heavy (non-hydrogen) atoms. The number of hydrogen-bond acceptors (Lipinski definition) is 2. The maximum absolute atomic E-state index is 13.4. The molecule has 0 aliphatic rings. The van der Waals surface area contributed by atoms with Crippen LogP contribution in [0.2, 0.25) is 0 Å². The lowest BCUT2D eigenvalue weighted by atomic mass is 9.98. The number of benzene rings is 1. The van der Waals surface area contributed by atoms with Crippen LogP contribution in [0.15, 0.2) is 18.2 Å². The molecule has 0 fully saturated rings. The Morgan fingerprint density at radius 3 is 2.67 bits per heavy atom. The van der Waals surface area contributed by atoms with Crippen LogP contribution in [0.1, 0.15) is 24.8 Å². The minimum atomic E-state index is -0.234. The molecule has 1 rings (SSSR count). The first-order valence-electron chi connectivity index (χ1n) is 4.96. The maximum Gasteiger partial charge on any atom is 0.146 e. The van der Waals surface area contributed by atoms with Gasteiger partial charge in [0.05, 0.1) is 5.69 Å². The Morgan fingerprint density at radius 2 is 2.13 bits per heavy atom. The molecule has 1 atom stereocenters. The first kappa shape index (κ1) is 11.7. The number of anilines is 1. The Balaban J connectivity index is 3.01. The number of hydrogen-bond donors (Lipinski definition) is 0. The van der Waals surface area contributed by atoms with E-state index in [2.05, 4.69) is 0 Å². The van der Waals surface area contributed by atoms with Crippen molar-refractivity contribution in [3.63, 3.8) is 0 Å². The standard InChI is InChI=1S/C12H16FNO/c1-9(6-7-15)10-4-5-11(13)12(8-10)14(2)3/h4-5,7-9H,6H2,1-3H3. The summed E-state index contributed by atoms with van der Waals surface area (Å²) in [6.45, 7) is 1.96. The van der Waals surface area contributed by atoms with E-state index in [4.69, 9.17) is 0 Å². The molecule has 1 aromatic carbocycles. The van der Waals surface area contributed by atoms with Crippen LogP contribution in [0.5, 0.6) is 0 Å². The summed E-state index contributed by atoms with van der Waals surface area (Å²) in [7, 11) is 3.60. The Morgan fingerprint density at radius 1 is 1.47 bits per heavy atom. The molecule has 0 saturated carbocycles. The van der Waals surface area contributed by atoms with Crippen LogP contribution < -0.4 is 4.90 Å². The third-order valence-electron chi connectivity index (χ3n) is 2.47. The molecular weight excluding hydrogens is 193 g/mol. The lowest BCUT2D eigenvalue weighted by molar-refractivity contribution is -0.108. The van der Waals surface area contributed by atoms with Crippen LogP contribution in [0.25, 0.3) is 0 Å². The van der Waals surface area contributed by atoms with Crippen LogP contribution in [-0.2, 0) is 4.79 Å². The molecule has 3 heteroatoms. The highest BCUT2D eigenvalue weighted by Gasteiger charge is 2.09. The van der Waals surface area contributed by atoms with Gasteiger partial charge in [-0.15, -0.1) is 0 Å². The summed E-state index contributed by atoms with van der Waals surface area (Å²) >= 11 is 0. The zero-order chi connectivity index (χ0) is 11.4. The first-order chi connectivity index (χ1) is 7.06. The van der Waals surface area contributed by atoms with Crippen molar-refractivity contribution in [1.29, 1.82) is 0 Å². The predicted molar refractivity (Wildman–Crippen MR) is 59.8 cm³/mol. The van der Waals surface area contributed by atoms with Gasteiger partial charge in [-0.25, -0.2) is 4.39 Å². The zero-order valence-corrected chi connectivity index (χ0v) is 9.33. The Labute approximate surface area is 89.7 Å². The molecule has 2 nitrogen and oxygen atoms in total. The van der Waals surface area contributed by atoms with E-state index in [0.29, 0.717) is 12.1 Å². The molecular formula is C12H16FNO. The summed E-state index contributed by atoms with van der Waals surface area (Å²) in [6, 6.07) is 4.98. The molecule has 0 N–H and O–H groups in total. The molecule has 0 aliphatic carbocycles. The molecule has 0 amide bonds. The SMILES string of the molecule is CC(CC=O)c1ccc(F)c(N(C)C)c1. The van der Waals surface area contributed by atoms with Crippen molar-refractivity contribution in [2.24, 2.45) is 0 Å². The summed E-state index contributed by atoms with van der Waals surface area (Å²) in [5, 5.41) is 0. The van der Waals surface area contributed by atoms with E-state index in [1.807, 2.05) is 6.92 Å². The van der Waals surface area contributed by atoms with E-state index < -0.39 is 0 Å². The zero-order valence-electron chi connectivity index (χ0n) is 9.33. The predicted octanol–water partition coefficient (Wildman–Crippen LogP) is 2.58. The highest BCUT2D eigenvalue weighted by molar-refractivity contribution is 5.54. The summed E-state index contributed by atoms with van der Waals surface area (Å²) in [6.07, 6.45) is 1.36. The Kier molecular flexibility index (Phi) is 3.83. The molecule has 0 bridgehead atoms. The minimum Gasteiger partial charge on any atom is -0.375 e. The van der Waals surface area contributed by atoms with Crippen molar-refractivity contribution in [2.75, 3.05) is 19.0 Å². The van der Waals surface area contributed by atoms with Gasteiger partial charge in [0.25, 0.3) is 0 Å². The van der Waals surface area contributed by atoms with E-state index in [-0.39, 0.29) is 11.7 Å². The van der Waals surface area contributed by atoms with E-state index in [9.17, 15) is 9.18 Å². The average molecular weight is 209 g/mol. The second-order valence-corrected chi connectivity index (χ2v) is 3.91. The van der Waals surface area contributed by atoms with Gasteiger partial charge < -0.3 is 9.69 Å².